The average molecular weight is 235 g/mol. The second-order valence-corrected chi connectivity index (χ2v) is 4.43. The molecule has 0 aliphatic rings. The maximum atomic E-state index is 13.0. The minimum Gasteiger partial charge on any atom is -0.453 e. The zero-order valence-corrected chi connectivity index (χ0v) is 9.74. The van der Waals surface area contributed by atoms with E-state index >= 15 is 0 Å². The van der Waals surface area contributed by atoms with Crippen molar-refractivity contribution >= 4 is 16.8 Å². The fourth-order valence-corrected chi connectivity index (χ4v) is 1.60. The lowest BCUT2D eigenvalue weighted by Gasteiger charge is -2.11. The molecule has 17 heavy (non-hydrogen) atoms. The molecule has 0 saturated carbocycles. The van der Waals surface area contributed by atoms with Crippen molar-refractivity contribution in [3.8, 4) is 0 Å². The summed E-state index contributed by atoms with van der Waals surface area (Å²) in [5, 5.41) is 0.573. The number of hydrogen-bond acceptors (Lipinski definition) is 3. The Hall–Kier alpha value is -1.68. The molecule has 2 N–H and O–H groups in total. The second-order valence-electron chi connectivity index (χ2n) is 4.43. The van der Waals surface area contributed by atoms with Gasteiger partial charge in [-0.3, -0.25) is 4.79 Å². The first-order chi connectivity index (χ1) is 7.99. The lowest BCUT2D eigenvalue weighted by molar-refractivity contribution is 0.0915. The highest BCUT2D eigenvalue weighted by atomic mass is 19.1. The van der Waals surface area contributed by atoms with Crippen LogP contribution in [0.5, 0.6) is 0 Å². The van der Waals surface area contributed by atoms with Crippen molar-refractivity contribution in [2.24, 2.45) is 11.7 Å². The van der Waals surface area contributed by atoms with Gasteiger partial charge >= 0.3 is 0 Å². The van der Waals surface area contributed by atoms with Gasteiger partial charge in [0.15, 0.2) is 5.76 Å². The fraction of sp³-hybridized carbons (Fsp3) is 0.308. The Morgan fingerprint density at radius 2 is 2.06 bits per heavy atom. The van der Waals surface area contributed by atoms with Crippen LogP contribution in [0, 0.1) is 11.7 Å². The molecule has 1 unspecified atom stereocenters. The summed E-state index contributed by atoms with van der Waals surface area (Å²) < 4.78 is 18.3. The summed E-state index contributed by atoms with van der Waals surface area (Å²) in [5.74, 6) is -0.388. The van der Waals surface area contributed by atoms with E-state index in [1.54, 1.807) is 0 Å². The Morgan fingerprint density at radius 3 is 2.71 bits per heavy atom. The molecule has 4 heteroatoms. The van der Waals surface area contributed by atoms with Crippen LogP contribution in [0.1, 0.15) is 24.4 Å². The number of carbonyl (C=O) groups excluding carboxylic acids is 1. The van der Waals surface area contributed by atoms with Crippen molar-refractivity contribution < 1.29 is 13.6 Å². The summed E-state index contributed by atoms with van der Waals surface area (Å²) in [7, 11) is 0. The number of hydrogen-bond donors (Lipinski definition) is 1. The monoisotopic (exact) mass is 235 g/mol. The maximum absolute atomic E-state index is 13.0. The molecule has 0 saturated heterocycles. The van der Waals surface area contributed by atoms with E-state index in [-0.39, 0.29) is 23.3 Å². The molecule has 1 heterocycles. The largest absolute Gasteiger partial charge is 0.453 e. The van der Waals surface area contributed by atoms with Crippen molar-refractivity contribution in [1.29, 1.82) is 0 Å². The van der Waals surface area contributed by atoms with Crippen LogP contribution in [0.2, 0.25) is 0 Å². The van der Waals surface area contributed by atoms with Gasteiger partial charge in [0.2, 0.25) is 5.78 Å². The number of ketones is 1. The van der Waals surface area contributed by atoms with E-state index in [1.807, 2.05) is 13.8 Å². The van der Waals surface area contributed by atoms with Gasteiger partial charge in [-0.25, -0.2) is 4.39 Å². The molecular formula is C13H14FNO2. The summed E-state index contributed by atoms with van der Waals surface area (Å²) >= 11 is 0. The van der Waals surface area contributed by atoms with Gasteiger partial charge in [-0.2, -0.15) is 0 Å². The van der Waals surface area contributed by atoms with E-state index in [0.29, 0.717) is 11.0 Å². The SMILES string of the molecule is CC(C)C(N)C(=O)c1cc2cc(F)ccc2o1. The molecule has 1 aromatic heterocycles. The quantitative estimate of drug-likeness (QED) is 0.832. The lowest BCUT2D eigenvalue weighted by atomic mass is 9.99. The van der Waals surface area contributed by atoms with E-state index in [4.69, 9.17) is 10.2 Å². The van der Waals surface area contributed by atoms with E-state index in [1.165, 1.54) is 24.3 Å². The Kier molecular flexibility index (Phi) is 2.98. The molecule has 90 valence electrons. The minimum absolute atomic E-state index is 0.0347. The van der Waals surface area contributed by atoms with Crippen LogP contribution in [0.3, 0.4) is 0 Å². The highest BCUT2D eigenvalue weighted by Crippen LogP contribution is 2.22. The Balaban J connectivity index is 2.40. The molecular weight excluding hydrogens is 221 g/mol. The normalized spacial score (nSPS) is 13.2. The zero-order chi connectivity index (χ0) is 12.6. The third-order valence-corrected chi connectivity index (χ3v) is 2.74. The van der Waals surface area contributed by atoms with Crippen LogP contribution in [0.25, 0.3) is 11.0 Å². The molecule has 1 atom stereocenters. The summed E-state index contributed by atoms with van der Waals surface area (Å²) in [5.41, 5.74) is 6.25. The number of nitrogens with two attached hydrogens (primary N) is 1. The first-order valence-corrected chi connectivity index (χ1v) is 5.48. The van der Waals surface area contributed by atoms with Crippen molar-refractivity contribution in [3.63, 3.8) is 0 Å². The molecule has 0 fully saturated rings. The van der Waals surface area contributed by atoms with Crippen LogP contribution in [0.4, 0.5) is 4.39 Å². The molecule has 3 nitrogen and oxygen atoms in total. The van der Waals surface area contributed by atoms with Gasteiger partial charge in [0.05, 0.1) is 6.04 Å². The van der Waals surface area contributed by atoms with Gasteiger partial charge in [-0.1, -0.05) is 13.8 Å². The second kappa shape index (κ2) is 4.30. The van der Waals surface area contributed by atoms with E-state index < -0.39 is 6.04 Å². The van der Waals surface area contributed by atoms with Gasteiger partial charge in [0.25, 0.3) is 0 Å². The van der Waals surface area contributed by atoms with Crippen LogP contribution in [-0.2, 0) is 0 Å². The van der Waals surface area contributed by atoms with Crippen molar-refractivity contribution in [3.05, 3.63) is 35.8 Å². The minimum atomic E-state index is -0.597. The summed E-state index contributed by atoms with van der Waals surface area (Å²) in [4.78, 5) is 11.9. The fourth-order valence-electron chi connectivity index (χ4n) is 1.60. The first-order valence-electron chi connectivity index (χ1n) is 5.48. The maximum Gasteiger partial charge on any atom is 0.214 e. The third-order valence-electron chi connectivity index (χ3n) is 2.74. The Labute approximate surface area is 98.4 Å². The molecule has 0 spiro atoms. The summed E-state index contributed by atoms with van der Waals surface area (Å²) in [6.45, 7) is 3.73. The number of Topliss-reactive ketones (excluding diaryl/α,β-unsaturated/α-hetero) is 1. The molecule has 0 radical (unpaired) electrons. The molecule has 0 bridgehead atoms. The van der Waals surface area contributed by atoms with Crippen molar-refractivity contribution in [2.45, 2.75) is 19.9 Å². The first kappa shape index (κ1) is 11.8. The topological polar surface area (TPSA) is 56.2 Å². The van der Waals surface area contributed by atoms with Gasteiger partial charge in [-0.05, 0) is 30.2 Å². The number of halogens is 1. The predicted molar refractivity (Wildman–Crippen MR) is 63.3 cm³/mol. The highest BCUT2D eigenvalue weighted by Gasteiger charge is 2.22. The third kappa shape index (κ3) is 2.22. The summed E-state index contributed by atoms with van der Waals surface area (Å²) in [6.07, 6.45) is 0. The van der Waals surface area contributed by atoms with E-state index in [9.17, 15) is 9.18 Å². The van der Waals surface area contributed by atoms with Gasteiger partial charge in [0.1, 0.15) is 11.4 Å². The average Bonchev–Trinajstić information content (AvgIpc) is 2.69. The zero-order valence-electron chi connectivity index (χ0n) is 9.74. The van der Waals surface area contributed by atoms with Crippen LogP contribution >= 0.6 is 0 Å². The molecule has 0 aliphatic heterocycles. The molecule has 2 rings (SSSR count). The molecule has 0 amide bonds. The Morgan fingerprint density at radius 1 is 1.35 bits per heavy atom. The number of rotatable bonds is 3. The number of carbonyl (C=O) groups is 1. The number of furan rings is 1. The number of fused-ring (bicyclic) bond motifs is 1. The standard InChI is InChI=1S/C13H14FNO2/c1-7(2)12(15)13(16)11-6-8-5-9(14)3-4-10(8)17-11/h3-7,12H,15H2,1-2H3. The van der Waals surface area contributed by atoms with Gasteiger partial charge in [-0.15, -0.1) is 0 Å². The molecule has 1 aromatic carbocycles. The van der Waals surface area contributed by atoms with E-state index in [0.717, 1.165) is 0 Å². The number of benzene rings is 1. The highest BCUT2D eigenvalue weighted by molar-refractivity contribution is 6.00. The van der Waals surface area contributed by atoms with Crippen molar-refractivity contribution in [2.75, 3.05) is 0 Å². The van der Waals surface area contributed by atoms with Crippen LogP contribution in [-0.4, -0.2) is 11.8 Å². The van der Waals surface area contributed by atoms with Gasteiger partial charge < -0.3 is 10.2 Å². The van der Waals surface area contributed by atoms with Crippen molar-refractivity contribution in [1.82, 2.24) is 0 Å². The van der Waals surface area contributed by atoms with Crippen LogP contribution in [0.15, 0.2) is 28.7 Å². The summed E-state index contributed by atoms with van der Waals surface area (Å²) in [6, 6.07) is 5.06. The molecule has 2 aromatic rings. The smallest absolute Gasteiger partial charge is 0.214 e. The van der Waals surface area contributed by atoms with E-state index in [2.05, 4.69) is 0 Å². The molecule has 0 aliphatic carbocycles. The lowest BCUT2D eigenvalue weighted by Crippen LogP contribution is -2.35. The Bertz CT molecular complexity index is 560. The predicted octanol–water partition coefficient (Wildman–Crippen LogP) is 2.74. The van der Waals surface area contributed by atoms with Crippen LogP contribution < -0.4 is 5.73 Å². The van der Waals surface area contributed by atoms with Gasteiger partial charge in [0, 0.05) is 5.39 Å².